The van der Waals surface area contributed by atoms with Gasteiger partial charge in [-0.15, -0.1) is 0 Å². The number of nitrogens with one attached hydrogen (secondary N) is 1. The van der Waals surface area contributed by atoms with Gasteiger partial charge in [-0.1, -0.05) is 11.6 Å². The van der Waals surface area contributed by atoms with Gasteiger partial charge >= 0.3 is 0 Å². The Labute approximate surface area is 138 Å². The van der Waals surface area contributed by atoms with E-state index in [1.807, 2.05) is 19.1 Å². The van der Waals surface area contributed by atoms with Crippen molar-refractivity contribution in [2.75, 3.05) is 12.8 Å². The van der Waals surface area contributed by atoms with Crippen LogP contribution < -0.4 is 16.2 Å². The predicted molar refractivity (Wildman–Crippen MR) is 89.3 cm³/mol. The Bertz CT molecular complexity index is 807. The van der Waals surface area contributed by atoms with Crippen LogP contribution in [0.25, 0.3) is 11.3 Å². The number of aryl methyl sites for hydroxylation is 1. The molecule has 1 aliphatic heterocycles. The third-order valence-electron chi connectivity index (χ3n) is 3.88. The van der Waals surface area contributed by atoms with Crippen molar-refractivity contribution in [3.05, 3.63) is 34.0 Å². The van der Waals surface area contributed by atoms with Crippen LogP contribution in [-0.2, 0) is 13.1 Å². The van der Waals surface area contributed by atoms with Crippen molar-refractivity contribution in [2.45, 2.75) is 20.0 Å². The Hall–Kier alpha value is -2.54. The first-order chi connectivity index (χ1) is 10.9. The summed E-state index contributed by atoms with van der Waals surface area (Å²) in [5.74, 6) is 0.872. The molecule has 0 atom stereocenters. The largest absolute Gasteiger partial charge is 0.496 e. The highest BCUT2D eigenvalue weighted by Crippen LogP contribution is 2.37. The van der Waals surface area contributed by atoms with Crippen LogP contribution in [0.3, 0.4) is 0 Å². The van der Waals surface area contributed by atoms with E-state index in [0.717, 1.165) is 28.1 Å². The summed E-state index contributed by atoms with van der Waals surface area (Å²) in [4.78, 5) is 10.3. The molecular formula is C15H17ClN6O. The first-order valence-electron chi connectivity index (χ1n) is 6.99. The number of rotatable bonds is 2. The molecule has 0 unspecified atom stereocenters. The highest BCUT2D eigenvalue weighted by atomic mass is 35.5. The normalized spacial score (nSPS) is 13.1. The molecule has 0 radical (unpaired) electrons. The number of methoxy groups -OCH3 is 1. The molecule has 0 spiro atoms. The number of hydrogen-bond donors (Lipinski definition) is 3. The number of anilines is 1. The second-order valence-corrected chi connectivity index (χ2v) is 5.81. The Kier molecular flexibility index (Phi) is 3.73. The standard InChI is InChI=1S/C15H17ClN6O/c1-7-3-10(16)8(4-12(7)23-2)13-9-5-22(14(17)18)6-11(9)20-15(19)21-13/h3-4H,5-6H2,1-2H3,(H3,17,18)(H2,19,20,21). The van der Waals surface area contributed by atoms with Crippen LogP contribution in [0.4, 0.5) is 5.95 Å². The number of aromatic nitrogens is 2. The van der Waals surface area contributed by atoms with Crippen molar-refractivity contribution in [3.8, 4) is 17.0 Å². The molecule has 3 rings (SSSR count). The van der Waals surface area contributed by atoms with Crippen molar-refractivity contribution in [1.82, 2.24) is 14.9 Å². The molecule has 1 aromatic carbocycles. The fourth-order valence-electron chi connectivity index (χ4n) is 2.72. The molecule has 5 N–H and O–H groups in total. The molecule has 1 aromatic heterocycles. The number of guanidine groups is 1. The average Bonchev–Trinajstić information content (AvgIpc) is 2.91. The van der Waals surface area contributed by atoms with Gasteiger partial charge < -0.3 is 21.1 Å². The maximum absolute atomic E-state index is 7.61. The van der Waals surface area contributed by atoms with E-state index in [1.54, 1.807) is 12.0 Å². The summed E-state index contributed by atoms with van der Waals surface area (Å²) >= 11 is 6.41. The number of nitrogen functional groups attached to an aromatic ring is 1. The first-order valence-corrected chi connectivity index (χ1v) is 7.37. The number of fused-ring (bicyclic) bond motifs is 1. The van der Waals surface area contributed by atoms with Gasteiger partial charge in [-0.05, 0) is 24.6 Å². The summed E-state index contributed by atoms with van der Waals surface area (Å²) in [5, 5.41) is 8.17. The SMILES string of the molecule is COc1cc(-c2nc(N)nc3c2CN(C(=N)N)C3)c(Cl)cc1C. The second-order valence-electron chi connectivity index (χ2n) is 5.40. The molecule has 0 amide bonds. The summed E-state index contributed by atoms with van der Waals surface area (Å²) in [6.45, 7) is 2.81. The Morgan fingerprint density at radius 2 is 2.09 bits per heavy atom. The lowest BCUT2D eigenvalue weighted by molar-refractivity contribution is 0.412. The van der Waals surface area contributed by atoms with E-state index >= 15 is 0 Å². The number of ether oxygens (including phenoxy) is 1. The van der Waals surface area contributed by atoms with Crippen LogP contribution in [0.2, 0.25) is 5.02 Å². The molecule has 0 saturated carbocycles. The zero-order valence-electron chi connectivity index (χ0n) is 12.9. The monoisotopic (exact) mass is 332 g/mol. The number of benzene rings is 1. The molecule has 120 valence electrons. The van der Waals surface area contributed by atoms with Crippen LogP contribution >= 0.6 is 11.6 Å². The third kappa shape index (κ3) is 2.63. The first kappa shape index (κ1) is 15.4. The van der Waals surface area contributed by atoms with Crippen LogP contribution in [0.5, 0.6) is 5.75 Å². The Morgan fingerprint density at radius 3 is 2.74 bits per heavy atom. The highest BCUT2D eigenvalue weighted by molar-refractivity contribution is 6.33. The molecule has 23 heavy (non-hydrogen) atoms. The molecule has 0 fully saturated rings. The zero-order valence-corrected chi connectivity index (χ0v) is 13.6. The van der Waals surface area contributed by atoms with Gasteiger partial charge in [0.2, 0.25) is 5.95 Å². The molecule has 2 aromatic rings. The highest BCUT2D eigenvalue weighted by Gasteiger charge is 2.27. The summed E-state index contributed by atoms with van der Waals surface area (Å²) in [5.41, 5.74) is 15.4. The molecule has 0 bridgehead atoms. The summed E-state index contributed by atoms with van der Waals surface area (Å²) < 4.78 is 5.37. The Balaban J connectivity index is 2.18. The smallest absolute Gasteiger partial charge is 0.220 e. The molecule has 7 nitrogen and oxygen atoms in total. The number of hydrogen-bond acceptors (Lipinski definition) is 5. The van der Waals surface area contributed by atoms with E-state index in [0.29, 0.717) is 23.8 Å². The maximum Gasteiger partial charge on any atom is 0.220 e. The molecule has 2 heterocycles. The maximum atomic E-state index is 7.61. The third-order valence-corrected chi connectivity index (χ3v) is 4.19. The minimum Gasteiger partial charge on any atom is -0.496 e. The predicted octanol–water partition coefficient (Wildman–Crippen LogP) is 1.91. The molecule has 0 aliphatic carbocycles. The lowest BCUT2D eigenvalue weighted by Gasteiger charge is -2.14. The van der Waals surface area contributed by atoms with E-state index in [1.165, 1.54) is 0 Å². The van der Waals surface area contributed by atoms with E-state index in [-0.39, 0.29) is 11.9 Å². The quantitative estimate of drug-likeness (QED) is 0.571. The lowest BCUT2D eigenvalue weighted by atomic mass is 10.0. The van der Waals surface area contributed by atoms with Crippen LogP contribution in [-0.4, -0.2) is 27.9 Å². The van der Waals surface area contributed by atoms with E-state index in [4.69, 9.17) is 33.2 Å². The zero-order chi connectivity index (χ0) is 16.7. The van der Waals surface area contributed by atoms with Gasteiger partial charge in [0.15, 0.2) is 5.96 Å². The van der Waals surface area contributed by atoms with E-state index in [2.05, 4.69) is 9.97 Å². The van der Waals surface area contributed by atoms with Crippen molar-refractivity contribution < 1.29 is 4.74 Å². The van der Waals surface area contributed by atoms with Gasteiger partial charge in [-0.2, -0.15) is 0 Å². The fraction of sp³-hybridized carbons (Fsp3) is 0.267. The molecular weight excluding hydrogens is 316 g/mol. The van der Waals surface area contributed by atoms with Crippen molar-refractivity contribution >= 4 is 23.5 Å². The van der Waals surface area contributed by atoms with Crippen LogP contribution in [0.1, 0.15) is 16.8 Å². The number of halogens is 1. The van der Waals surface area contributed by atoms with Gasteiger partial charge in [0.1, 0.15) is 5.75 Å². The van der Waals surface area contributed by atoms with Gasteiger partial charge in [0, 0.05) is 11.1 Å². The van der Waals surface area contributed by atoms with Crippen LogP contribution in [0, 0.1) is 12.3 Å². The second kappa shape index (κ2) is 5.58. The number of nitrogens with zero attached hydrogens (tertiary/aromatic N) is 3. The van der Waals surface area contributed by atoms with Gasteiger partial charge in [0.05, 0.1) is 36.6 Å². The van der Waals surface area contributed by atoms with Crippen molar-refractivity contribution in [3.63, 3.8) is 0 Å². The molecule has 0 saturated heterocycles. The minimum atomic E-state index is -0.0138. The van der Waals surface area contributed by atoms with Gasteiger partial charge in [-0.25, -0.2) is 9.97 Å². The molecule has 8 heteroatoms. The van der Waals surface area contributed by atoms with Crippen molar-refractivity contribution in [1.29, 1.82) is 5.41 Å². The number of nitrogens with two attached hydrogens (primary N) is 2. The van der Waals surface area contributed by atoms with Crippen molar-refractivity contribution in [2.24, 2.45) is 5.73 Å². The Morgan fingerprint density at radius 1 is 1.35 bits per heavy atom. The van der Waals surface area contributed by atoms with Gasteiger partial charge in [0.25, 0.3) is 0 Å². The fourth-order valence-corrected chi connectivity index (χ4v) is 3.03. The summed E-state index contributed by atoms with van der Waals surface area (Å²) in [6, 6.07) is 3.67. The molecule has 1 aliphatic rings. The topological polar surface area (TPSA) is 114 Å². The van der Waals surface area contributed by atoms with Crippen LogP contribution in [0.15, 0.2) is 12.1 Å². The van der Waals surface area contributed by atoms with Gasteiger partial charge in [-0.3, -0.25) is 5.41 Å². The van der Waals surface area contributed by atoms with E-state index in [9.17, 15) is 0 Å². The summed E-state index contributed by atoms with van der Waals surface area (Å²) in [6.07, 6.45) is 0. The average molecular weight is 333 g/mol. The summed E-state index contributed by atoms with van der Waals surface area (Å²) in [7, 11) is 1.61. The minimum absolute atomic E-state index is 0.0138. The van der Waals surface area contributed by atoms with E-state index < -0.39 is 0 Å². The lowest BCUT2D eigenvalue weighted by Crippen LogP contribution is -2.31.